The summed E-state index contributed by atoms with van der Waals surface area (Å²) in [4.78, 5) is 2.00. The lowest BCUT2D eigenvalue weighted by molar-refractivity contribution is -0.137. The van der Waals surface area contributed by atoms with Crippen LogP contribution in [0.4, 0.5) is 13.2 Å². The maximum absolute atomic E-state index is 12.4. The Morgan fingerprint density at radius 3 is 2.11 bits per heavy atom. The van der Waals surface area contributed by atoms with Crippen LogP contribution in [0.3, 0.4) is 0 Å². The summed E-state index contributed by atoms with van der Waals surface area (Å²) in [6, 6.07) is 6.60. The minimum atomic E-state index is -4.33. The molecule has 2 nitrogen and oxygen atoms in total. The second kappa shape index (κ2) is 4.99. The van der Waals surface area contributed by atoms with E-state index < -0.39 is 17.8 Å². The first kappa shape index (κ1) is 12.9. The molecule has 1 aromatic rings. The molecular formula is C13H13F3N2. The topological polar surface area (TPSA) is 27.0 Å². The molecule has 5 heteroatoms. The van der Waals surface area contributed by atoms with Gasteiger partial charge in [-0.25, -0.2) is 0 Å². The van der Waals surface area contributed by atoms with Crippen LogP contribution in [0.2, 0.25) is 0 Å². The van der Waals surface area contributed by atoms with Crippen molar-refractivity contribution in [3.05, 3.63) is 35.4 Å². The van der Waals surface area contributed by atoms with E-state index in [1.807, 2.05) is 4.90 Å². The van der Waals surface area contributed by atoms with Crippen molar-refractivity contribution in [3.63, 3.8) is 0 Å². The van der Waals surface area contributed by atoms with Crippen LogP contribution in [0.5, 0.6) is 0 Å². The molecule has 18 heavy (non-hydrogen) atoms. The van der Waals surface area contributed by atoms with E-state index in [0.29, 0.717) is 5.56 Å². The lowest BCUT2D eigenvalue weighted by Gasteiger charge is -2.21. The molecule has 1 heterocycles. The third kappa shape index (κ3) is 2.65. The van der Waals surface area contributed by atoms with Gasteiger partial charge < -0.3 is 0 Å². The second-order valence-electron chi connectivity index (χ2n) is 4.39. The lowest BCUT2D eigenvalue weighted by Crippen LogP contribution is -2.24. The predicted molar refractivity (Wildman–Crippen MR) is 60.6 cm³/mol. The number of benzene rings is 1. The van der Waals surface area contributed by atoms with Gasteiger partial charge in [0.15, 0.2) is 0 Å². The largest absolute Gasteiger partial charge is 0.416 e. The summed E-state index contributed by atoms with van der Waals surface area (Å²) < 4.78 is 37.3. The second-order valence-corrected chi connectivity index (χ2v) is 4.39. The van der Waals surface area contributed by atoms with Gasteiger partial charge in [-0.3, -0.25) is 4.90 Å². The van der Waals surface area contributed by atoms with Gasteiger partial charge in [0.2, 0.25) is 0 Å². The van der Waals surface area contributed by atoms with E-state index >= 15 is 0 Å². The number of hydrogen-bond donors (Lipinski definition) is 0. The molecular weight excluding hydrogens is 241 g/mol. The van der Waals surface area contributed by atoms with Crippen LogP contribution < -0.4 is 0 Å². The molecule has 0 spiro atoms. The summed E-state index contributed by atoms with van der Waals surface area (Å²) >= 11 is 0. The van der Waals surface area contributed by atoms with E-state index in [4.69, 9.17) is 5.26 Å². The van der Waals surface area contributed by atoms with Crippen molar-refractivity contribution in [2.45, 2.75) is 25.1 Å². The maximum atomic E-state index is 12.4. The molecule has 1 atom stereocenters. The Balaban J connectivity index is 2.20. The van der Waals surface area contributed by atoms with Crippen molar-refractivity contribution < 1.29 is 13.2 Å². The van der Waals surface area contributed by atoms with Crippen LogP contribution in [-0.2, 0) is 6.18 Å². The van der Waals surface area contributed by atoms with E-state index in [0.717, 1.165) is 38.1 Å². The average Bonchev–Trinajstić information content (AvgIpc) is 2.83. The first-order chi connectivity index (χ1) is 8.52. The Bertz CT molecular complexity index is 439. The van der Waals surface area contributed by atoms with Crippen molar-refractivity contribution in [1.29, 1.82) is 5.26 Å². The fourth-order valence-corrected chi connectivity index (χ4v) is 2.22. The minimum absolute atomic E-state index is 0.435. The van der Waals surface area contributed by atoms with Crippen molar-refractivity contribution in [3.8, 4) is 6.07 Å². The Hall–Kier alpha value is -1.54. The monoisotopic (exact) mass is 254 g/mol. The smallest absolute Gasteiger partial charge is 0.284 e. The van der Waals surface area contributed by atoms with E-state index in [-0.39, 0.29) is 0 Å². The highest BCUT2D eigenvalue weighted by Crippen LogP contribution is 2.31. The Labute approximate surface area is 104 Å². The van der Waals surface area contributed by atoms with Gasteiger partial charge in [0.25, 0.3) is 0 Å². The summed E-state index contributed by atoms with van der Waals surface area (Å²) in [6.07, 6.45) is -2.24. The van der Waals surface area contributed by atoms with Crippen LogP contribution in [0.25, 0.3) is 0 Å². The molecule has 1 saturated heterocycles. The maximum Gasteiger partial charge on any atom is 0.416 e. The molecule has 0 aliphatic carbocycles. The van der Waals surface area contributed by atoms with Crippen LogP contribution in [0, 0.1) is 11.3 Å². The molecule has 1 aliphatic rings. The van der Waals surface area contributed by atoms with Gasteiger partial charge in [-0.05, 0) is 43.6 Å². The quantitative estimate of drug-likeness (QED) is 0.809. The summed E-state index contributed by atoms with van der Waals surface area (Å²) in [7, 11) is 0. The zero-order chi connectivity index (χ0) is 13.2. The van der Waals surface area contributed by atoms with Crippen molar-refractivity contribution in [2.24, 2.45) is 0 Å². The van der Waals surface area contributed by atoms with Crippen LogP contribution >= 0.6 is 0 Å². The van der Waals surface area contributed by atoms with Gasteiger partial charge in [0, 0.05) is 0 Å². The van der Waals surface area contributed by atoms with Gasteiger partial charge in [-0.15, -0.1) is 0 Å². The molecule has 0 saturated carbocycles. The highest BCUT2D eigenvalue weighted by Gasteiger charge is 2.31. The highest BCUT2D eigenvalue weighted by atomic mass is 19.4. The predicted octanol–water partition coefficient (Wildman–Crippen LogP) is 3.37. The van der Waals surface area contributed by atoms with Gasteiger partial charge in [-0.2, -0.15) is 18.4 Å². The molecule has 0 aromatic heterocycles. The number of rotatable bonds is 2. The molecule has 0 N–H and O–H groups in total. The molecule has 0 bridgehead atoms. The Kier molecular flexibility index (Phi) is 3.58. The lowest BCUT2D eigenvalue weighted by atomic mass is 10.0. The first-order valence-corrected chi connectivity index (χ1v) is 5.83. The van der Waals surface area contributed by atoms with E-state index in [1.165, 1.54) is 12.1 Å². The summed E-state index contributed by atoms with van der Waals surface area (Å²) in [5.74, 6) is 0. The van der Waals surface area contributed by atoms with E-state index in [9.17, 15) is 13.2 Å². The average molecular weight is 254 g/mol. The van der Waals surface area contributed by atoms with Gasteiger partial charge in [-0.1, -0.05) is 12.1 Å². The molecule has 96 valence electrons. The Morgan fingerprint density at radius 2 is 1.67 bits per heavy atom. The third-order valence-electron chi connectivity index (χ3n) is 3.18. The molecule has 1 aliphatic heterocycles. The number of alkyl halides is 3. The van der Waals surface area contributed by atoms with Gasteiger partial charge >= 0.3 is 6.18 Å². The molecule has 0 radical (unpaired) electrons. The van der Waals surface area contributed by atoms with Gasteiger partial charge in [0.1, 0.15) is 6.04 Å². The fourth-order valence-electron chi connectivity index (χ4n) is 2.22. The molecule has 0 amide bonds. The summed E-state index contributed by atoms with van der Waals surface area (Å²) in [5.41, 5.74) is -0.0447. The number of halogens is 3. The van der Waals surface area contributed by atoms with Crippen molar-refractivity contribution in [1.82, 2.24) is 4.90 Å². The van der Waals surface area contributed by atoms with E-state index in [1.54, 1.807) is 0 Å². The summed E-state index contributed by atoms with van der Waals surface area (Å²) in [6.45, 7) is 1.67. The van der Waals surface area contributed by atoms with Crippen LogP contribution in [0.15, 0.2) is 24.3 Å². The highest BCUT2D eigenvalue weighted by molar-refractivity contribution is 5.29. The molecule has 1 aromatic carbocycles. The standard InChI is InChI=1S/C13H13F3N2/c14-13(15,16)11-5-3-10(4-6-11)12(9-17)18-7-1-2-8-18/h3-6,12H,1-2,7-8H2. The van der Waals surface area contributed by atoms with E-state index in [2.05, 4.69) is 6.07 Å². The van der Waals surface area contributed by atoms with Crippen molar-refractivity contribution >= 4 is 0 Å². The first-order valence-electron chi connectivity index (χ1n) is 5.83. The SMILES string of the molecule is N#CC(c1ccc(C(F)(F)F)cc1)N1CCCC1. The van der Waals surface area contributed by atoms with Gasteiger partial charge in [0.05, 0.1) is 11.6 Å². The number of hydrogen-bond acceptors (Lipinski definition) is 2. The normalized spacial score (nSPS) is 18.6. The van der Waals surface area contributed by atoms with Crippen LogP contribution in [-0.4, -0.2) is 18.0 Å². The molecule has 1 unspecified atom stereocenters. The number of likely N-dealkylation sites (tertiary alicyclic amines) is 1. The Morgan fingerprint density at radius 1 is 1.11 bits per heavy atom. The summed E-state index contributed by atoms with van der Waals surface area (Å²) in [5, 5.41) is 9.16. The van der Waals surface area contributed by atoms with Crippen LogP contribution in [0.1, 0.15) is 30.0 Å². The third-order valence-corrected chi connectivity index (χ3v) is 3.18. The number of nitrogens with zero attached hydrogens (tertiary/aromatic N) is 2. The fraction of sp³-hybridized carbons (Fsp3) is 0.462. The number of nitriles is 1. The minimum Gasteiger partial charge on any atom is -0.284 e. The zero-order valence-corrected chi connectivity index (χ0v) is 9.74. The zero-order valence-electron chi connectivity index (χ0n) is 9.74. The molecule has 2 rings (SSSR count). The van der Waals surface area contributed by atoms with Crippen molar-refractivity contribution in [2.75, 3.05) is 13.1 Å². The molecule has 1 fully saturated rings.